The molecule has 1 heterocycles. The number of hydrogen-bond donors (Lipinski definition) is 2. The highest BCUT2D eigenvalue weighted by Crippen LogP contribution is 2.27. The van der Waals surface area contributed by atoms with Crippen molar-refractivity contribution in [2.45, 2.75) is 6.92 Å². The molecular formula is C13H14N4O4. The summed E-state index contributed by atoms with van der Waals surface area (Å²) >= 11 is 0. The summed E-state index contributed by atoms with van der Waals surface area (Å²) in [6, 6.07) is 9.26. The molecule has 0 radical (unpaired) electrons. The molecule has 8 nitrogen and oxygen atoms in total. The van der Waals surface area contributed by atoms with Crippen molar-refractivity contribution >= 4 is 11.5 Å². The lowest BCUT2D eigenvalue weighted by Crippen LogP contribution is -2.09. The highest BCUT2D eigenvalue weighted by atomic mass is 16.6. The maximum Gasteiger partial charge on any atom is 0.278 e. The number of aromatic nitrogens is 1. The first-order valence-corrected chi connectivity index (χ1v) is 6.16. The second-order valence-electron chi connectivity index (χ2n) is 3.96. The van der Waals surface area contributed by atoms with Crippen LogP contribution in [0, 0.1) is 10.1 Å². The van der Waals surface area contributed by atoms with E-state index >= 15 is 0 Å². The van der Waals surface area contributed by atoms with Crippen molar-refractivity contribution in [2.24, 2.45) is 5.84 Å². The van der Waals surface area contributed by atoms with E-state index in [0.717, 1.165) is 0 Å². The highest BCUT2D eigenvalue weighted by molar-refractivity contribution is 5.48. The summed E-state index contributed by atoms with van der Waals surface area (Å²) in [6.45, 7) is 2.46. The molecule has 2 aromatic rings. The minimum absolute atomic E-state index is 0.0707. The first-order valence-electron chi connectivity index (χ1n) is 6.16. The van der Waals surface area contributed by atoms with E-state index in [9.17, 15) is 10.1 Å². The van der Waals surface area contributed by atoms with Crippen molar-refractivity contribution < 1.29 is 14.4 Å². The number of nitro groups is 1. The highest BCUT2D eigenvalue weighted by Gasteiger charge is 2.12. The number of hydrazine groups is 1. The van der Waals surface area contributed by atoms with Crippen LogP contribution >= 0.6 is 0 Å². The molecule has 0 amide bonds. The van der Waals surface area contributed by atoms with Crippen LogP contribution in [0.4, 0.5) is 11.5 Å². The summed E-state index contributed by atoms with van der Waals surface area (Å²) in [7, 11) is 0. The van der Waals surface area contributed by atoms with Gasteiger partial charge in [-0.25, -0.2) is 5.84 Å². The van der Waals surface area contributed by atoms with Crippen molar-refractivity contribution in [3.05, 3.63) is 46.5 Å². The van der Waals surface area contributed by atoms with Crippen molar-refractivity contribution in [1.29, 1.82) is 0 Å². The average Bonchev–Trinajstić information content (AvgIpc) is 2.49. The van der Waals surface area contributed by atoms with Crippen LogP contribution in [0.5, 0.6) is 17.4 Å². The van der Waals surface area contributed by atoms with E-state index in [1.807, 2.05) is 6.92 Å². The average molecular weight is 290 g/mol. The molecule has 0 spiro atoms. The van der Waals surface area contributed by atoms with E-state index in [2.05, 4.69) is 10.4 Å². The Labute approximate surface area is 120 Å². The summed E-state index contributed by atoms with van der Waals surface area (Å²) in [5.74, 6) is 6.63. The van der Waals surface area contributed by atoms with E-state index in [-0.39, 0.29) is 17.4 Å². The Morgan fingerprint density at radius 1 is 1.29 bits per heavy atom. The fourth-order valence-electron chi connectivity index (χ4n) is 1.61. The van der Waals surface area contributed by atoms with Crippen LogP contribution in [0.25, 0.3) is 0 Å². The van der Waals surface area contributed by atoms with E-state index in [1.54, 1.807) is 24.3 Å². The Morgan fingerprint density at radius 2 is 1.95 bits per heavy atom. The van der Waals surface area contributed by atoms with E-state index < -0.39 is 4.92 Å². The standard InChI is InChI=1S/C13H14N4O4/c1-2-20-10-3-5-11(6-4-10)21-13-8-9(17(18)19)7-12(15-13)16-14/h3-8H,2,14H2,1H3,(H,15,16). The molecule has 2 rings (SSSR count). The van der Waals surface area contributed by atoms with Crippen LogP contribution in [0.1, 0.15) is 6.92 Å². The van der Waals surface area contributed by atoms with Crippen LogP contribution in [0.15, 0.2) is 36.4 Å². The largest absolute Gasteiger partial charge is 0.494 e. The molecule has 1 aromatic carbocycles. The second kappa shape index (κ2) is 6.53. The lowest BCUT2D eigenvalue weighted by molar-refractivity contribution is -0.384. The minimum atomic E-state index is -0.548. The third kappa shape index (κ3) is 3.80. The topological polar surface area (TPSA) is 113 Å². The van der Waals surface area contributed by atoms with E-state index in [4.69, 9.17) is 15.3 Å². The molecule has 3 N–H and O–H groups in total. The minimum Gasteiger partial charge on any atom is -0.494 e. The number of rotatable bonds is 6. The third-order valence-corrected chi connectivity index (χ3v) is 2.50. The monoisotopic (exact) mass is 290 g/mol. The van der Waals surface area contributed by atoms with Crippen LogP contribution in [0.2, 0.25) is 0 Å². The molecule has 0 saturated carbocycles. The maximum atomic E-state index is 10.8. The number of nitrogen functional groups attached to an aromatic ring is 1. The molecule has 0 unspecified atom stereocenters. The molecule has 21 heavy (non-hydrogen) atoms. The Morgan fingerprint density at radius 3 is 2.52 bits per heavy atom. The zero-order valence-corrected chi connectivity index (χ0v) is 11.3. The summed E-state index contributed by atoms with van der Waals surface area (Å²) in [5.41, 5.74) is 2.09. The normalized spacial score (nSPS) is 10.0. The van der Waals surface area contributed by atoms with Gasteiger partial charge in [0.1, 0.15) is 11.5 Å². The number of nitrogens with zero attached hydrogens (tertiary/aromatic N) is 2. The summed E-state index contributed by atoms with van der Waals surface area (Å²) in [5, 5.41) is 10.8. The lowest BCUT2D eigenvalue weighted by Gasteiger charge is -2.08. The van der Waals surface area contributed by atoms with Crippen molar-refractivity contribution in [3.8, 4) is 17.4 Å². The van der Waals surface area contributed by atoms with Crippen molar-refractivity contribution in [3.63, 3.8) is 0 Å². The second-order valence-corrected chi connectivity index (χ2v) is 3.96. The van der Waals surface area contributed by atoms with Gasteiger partial charge in [0.15, 0.2) is 5.82 Å². The van der Waals surface area contributed by atoms with Crippen LogP contribution in [-0.2, 0) is 0 Å². The third-order valence-electron chi connectivity index (χ3n) is 2.50. The molecular weight excluding hydrogens is 276 g/mol. The SMILES string of the molecule is CCOc1ccc(Oc2cc([N+](=O)[O-])cc(NN)n2)cc1. The Kier molecular flexibility index (Phi) is 4.52. The van der Waals surface area contributed by atoms with Gasteiger partial charge >= 0.3 is 0 Å². The van der Waals surface area contributed by atoms with Crippen molar-refractivity contribution in [2.75, 3.05) is 12.0 Å². The van der Waals surface area contributed by atoms with E-state index in [0.29, 0.717) is 18.1 Å². The van der Waals surface area contributed by atoms with Gasteiger partial charge in [-0.1, -0.05) is 0 Å². The molecule has 0 bridgehead atoms. The van der Waals surface area contributed by atoms with Crippen LogP contribution in [0.3, 0.4) is 0 Å². The predicted octanol–water partition coefficient (Wildman–Crippen LogP) is 2.47. The van der Waals surface area contributed by atoms with Gasteiger partial charge < -0.3 is 14.9 Å². The van der Waals surface area contributed by atoms with Gasteiger partial charge in [0.2, 0.25) is 5.88 Å². The molecule has 0 aliphatic heterocycles. The van der Waals surface area contributed by atoms with Crippen LogP contribution in [-0.4, -0.2) is 16.5 Å². The number of anilines is 1. The maximum absolute atomic E-state index is 10.8. The first kappa shape index (κ1) is 14.5. The molecule has 1 aromatic heterocycles. The molecule has 0 aliphatic carbocycles. The predicted molar refractivity (Wildman–Crippen MR) is 76.4 cm³/mol. The zero-order chi connectivity index (χ0) is 15.2. The summed E-state index contributed by atoms with van der Waals surface area (Å²) in [4.78, 5) is 14.3. The number of nitrogens with two attached hydrogens (primary N) is 1. The fraction of sp³-hybridized carbons (Fsp3) is 0.154. The molecule has 0 fully saturated rings. The lowest BCUT2D eigenvalue weighted by atomic mass is 10.3. The number of benzene rings is 1. The Bertz CT molecular complexity index is 631. The van der Waals surface area contributed by atoms with Crippen molar-refractivity contribution in [1.82, 2.24) is 4.98 Å². The van der Waals surface area contributed by atoms with Gasteiger partial charge in [-0.2, -0.15) is 4.98 Å². The number of nitrogens with one attached hydrogen (secondary N) is 1. The first-order chi connectivity index (χ1) is 10.1. The van der Waals surface area contributed by atoms with Crippen LogP contribution < -0.4 is 20.7 Å². The summed E-state index contributed by atoms with van der Waals surface area (Å²) < 4.78 is 10.8. The fourth-order valence-corrected chi connectivity index (χ4v) is 1.61. The molecule has 8 heteroatoms. The summed E-state index contributed by atoms with van der Waals surface area (Å²) in [6.07, 6.45) is 0. The van der Waals surface area contributed by atoms with E-state index in [1.165, 1.54) is 12.1 Å². The van der Waals surface area contributed by atoms with Gasteiger partial charge in [0.05, 0.1) is 23.7 Å². The number of hydrogen-bond acceptors (Lipinski definition) is 7. The quantitative estimate of drug-likeness (QED) is 0.477. The van der Waals surface area contributed by atoms with Gasteiger partial charge in [0.25, 0.3) is 5.69 Å². The van der Waals surface area contributed by atoms with Gasteiger partial charge in [-0.05, 0) is 31.2 Å². The number of ether oxygens (including phenoxy) is 2. The Hall–Kier alpha value is -2.87. The molecule has 0 saturated heterocycles. The zero-order valence-electron chi connectivity index (χ0n) is 11.3. The number of pyridine rings is 1. The molecule has 110 valence electrons. The van der Waals surface area contributed by atoms with Gasteiger partial charge in [-0.15, -0.1) is 0 Å². The van der Waals surface area contributed by atoms with Gasteiger partial charge in [0, 0.05) is 0 Å². The Balaban J connectivity index is 2.21. The molecule has 0 atom stereocenters. The molecule has 0 aliphatic rings. The smallest absolute Gasteiger partial charge is 0.278 e. The van der Waals surface area contributed by atoms with Gasteiger partial charge in [-0.3, -0.25) is 10.1 Å².